The average Bonchev–Trinajstić information content (AvgIpc) is 2.72. The molecule has 142 valence electrons. The summed E-state index contributed by atoms with van der Waals surface area (Å²) in [5.74, 6) is 0.194. The van der Waals surface area contributed by atoms with E-state index in [1.54, 1.807) is 30.6 Å². The van der Waals surface area contributed by atoms with Crippen molar-refractivity contribution >= 4 is 29.3 Å². The number of ether oxygens (including phenoxy) is 2. The van der Waals surface area contributed by atoms with Crippen LogP contribution in [0.3, 0.4) is 0 Å². The Kier molecular flexibility index (Phi) is 6.24. The Morgan fingerprint density at radius 1 is 1.26 bits per heavy atom. The van der Waals surface area contributed by atoms with Crippen molar-refractivity contribution in [3.63, 3.8) is 0 Å². The standard InChI is InChI=1S/C19H20ClN3O4/c1-26-17-7-6-13(11-14(17)20)16(24)12-27-18(25)15-5-2-3-10-23(15)19-21-8-4-9-22-19/h4,6-9,11,15H,2-3,5,10,12H2,1H3. The van der Waals surface area contributed by atoms with Crippen molar-refractivity contribution in [1.29, 1.82) is 0 Å². The number of esters is 1. The molecule has 0 amide bonds. The maximum absolute atomic E-state index is 12.6. The summed E-state index contributed by atoms with van der Waals surface area (Å²) in [4.78, 5) is 35.2. The molecule has 27 heavy (non-hydrogen) atoms. The van der Waals surface area contributed by atoms with E-state index in [0.29, 0.717) is 35.2 Å². The number of hydrogen-bond donors (Lipinski definition) is 0. The first kappa shape index (κ1) is 19.1. The van der Waals surface area contributed by atoms with Crippen LogP contribution in [0.25, 0.3) is 0 Å². The Bertz CT molecular complexity index is 816. The number of Topliss-reactive ketones (excluding diaryl/α,β-unsaturated/α-hetero) is 1. The van der Waals surface area contributed by atoms with Crippen LogP contribution < -0.4 is 9.64 Å². The molecule has 8 heteroatoms. The van der Waals surface area contributed by atoms with Gasteiger partial charge in [-0.2, -0.15) is 0 Å². The number of anilines is 1. The van der Waals surface area contributed by atoms with E-state index in [9.17, 15) is 9.59 Å². The SMILES string of the molecule is COc1ccc(C(=O)COC(=O)C2CCCCN2c2ncccn2)cc1Cl. The van der Waals surface area contributed by atoms with Crippen molar-refractivity contribution in [2.45, 2.75) is 25.3 Å². The molecule has 1 saturated heterocycles. The van der Waals surface area contributed by atoms with E-state index in [1.807, 2.05) is 4.90 Å². The van der Waals surface area contributed by atoms with Gasteiger partial charge in [0.05, 0.1) is 12.1 Å². The maximum atomic E-state index is 12.6. The maximum Gasteiger partial charge on any atom is 0.329 e. The highest BCUT2D eigenvalue weighted by Gasteiger charge is 2.32. The van der Waals surface area contributed by atoms with Gasteiger partial charge < -0.3 is 14.4 Å². The normalized spacial score (nSPS) is 16.7. The lowest BCUT2D eigenvalue weighted by Crippen LogP contribution is -2.46. The van der Waals surface area contributed by atoms with E-state index in [1.165, 1.54) is 13.2 Å². The molecule has 1 unspecified atom stereocenters. The van der Waals surface area contributed by atoms with Crippen LogP contribution in [0.15, 0.2) is 36.7 Å². The lowest BCUT2D eigenvalue weighted by molar-refractivity contribution is -0.144. The molecule has 1 aromatic heterocycles. The number of halogens is 1. The zero-order valence-electron chi connectivity index (χ0n) is 14.9. The minimum Gasteiger partial charge on any atom is -0.495 e. The molecule has 1 aliphatic rings. The zero-order chi connectivity index (χ0) is 19.2. The summed E-state index contributed by atoms with van der Waals surface area (Å²) in [6.07, 6.45) is 5.77. The minimum atomic E-state index is -0.492. The van der Waals surface area contributed by atoms with Gasteiger partial charge in [0, 0.05) is 24.5 Å². The molecule has 1 fully saturated rings. The Morgan fingerprint density at radius 2 is 2.04 bits per heavy atom. The second kappa shape index (κ2) is 8.81. The Balaban J connectivity index is 1.63. The second-order valence-corrected chi connectivity index (χ2v) is 6.54. The van der Waals surface area contributed by atoms with Crippen molar-refractivity contribution in [2.24, 2.45) is 0 Å². The molecule has 0 bridgehead atoms. The van der Waals surface area contributed by atoms with Crippen molar-refractivity contribution in [3.8, 4) is 5.75 Å². The van der Waals surface area contributed by atoms with E-state index in [4.69, 9.17) is 21.1 Å². The molecule has 2 aromatic rings. The van der Waals surface area contributed by atoms with E-state index < -0.39 is 12.0 Å². The van der Waals surface area contributed by atoms with Gasteiger partial charge in [-0.15, -0.1) is 0 Å². The second-order valence-electron chi connectivity index (χ2n) is 6.13. The molecule has 3 rings (SSSR count). The topological polar surface area (TPSA) is 81.6 Å². The summed E-state index contributed by atoms with van der Waals surface area (Å²) in [5.41, 5.74) is 0.362. The van der Waals surface area contributed by atoms with Gasteiger partial charge >= 0.3 is 5.97 Å². The molecular weight excluding hydrogens is 370 g/mol. The quantitative estimate of drug-likeness (QED) is 0.555. The third-order valence-corrected chi connectivity index (χ3v) is 4.70. The largest absolute Gasteiger partial charge is 0.495 e. The molecule has 1 atom stereocenters. The predicted molar refractivity (Wildman–Crippen MR) is 100 cm³/mol. The number of ketones is 1. The van der Waals surface area contributed by atoms with Gasteiger partial charge in [-0.25, -0.2) is 14.8 Å². The Labute approximate surface area is 162 Å². The summed E-state index contributed by atoms with van der Waals surface area (Å²) in [6.45, 7) is 0.327. The van der Waals surface area contributed by atoms with Gasteiger partial charge in [0.15, 0.2) is 12.4 Å². The summed E-state index contributed by atoms with van der Waals surface area (Å²) >= 11 is 6.04. The number of methoxy groups -OCH3 is 1. The van der Waals surface area contributed by atoms with Crippen molar-refractivity contribution < 1.29 is 19.1 Å². The van der Waals surface area contributed by atoms with Crippen LogP contribution in [0.4, 0.5) is 5.95 Å². The highest BCUT2D eigenvalue weighted by atomic mass is 35.5. The van der Waals surface area contributed by atoms with Gasteiger partial charge in [0.2, 0.25) is 5.95 Å². The highest BCUT2D eigenvalue weighted by Crippen LogP contribution is 2.25. The van der Waals surface area contributed by atoms with E-state index >= 15 is 0 Å². The minimum absolute atomic E-state index is 0.328. The highest BCUT2D eigenvalue weighted by molar-refractivity contribution is 6.32. The molecular formula is C19H20ClN3O4. The first-order valence-corrected chi connectivity index (χ1v) is 9.05. The molecule has 0 radical (unpaired) electrons. The van der Waals surface area contributed by atoms with Crippen molar-refractivity contribution in [3.05, 3.63) is 47.2 Å². The number of rotatable bonds is 6. The van der Waals surface area contributed by atoms with E-state index in [-0.39, 0.29) is 12.4 Å². The Hall–Kier alpha value is -2.67. The number of carbonyl (C=O) groups is 2. The smallest absolute Gasteiger partial charge is 0.329 e. The van der Waals surface area contributed by atoms with Gasteiger partial charge in [0.1, 0.15) is 11.8 Å². The van der Waals surface area contributed by atoms with Crippen LogP contribution >= 0.6 is 11.6 Å². The number of benzene rings is 1. The number of hydrogen-bond acceptors (Lipinski definition) is 7. The number of nitrogens with zero attached hydrogens (tertiary/aromatic N) is 3. The number of carbonyl (C=O) groups excluding carboxylic acids is 2. The van der Waals surface area contributed by atoms with Gasteiger partial charge in [-0.1, -0.05) is 11.6 Å². The van der Waals surface area contributed by atoms with Crippen molar-refractivity contribution in [2.75, 3.05) is 25.2 Å². The van der Waals surface area contributed by atoms with Gasteiger partial charge in [-0.05, 0) is 43.5 Å². The van der Waals surface area contributed by atoms with Crippen LogP contribution in [-0.2, 0) is 9.53 Å². The van der Waals surface area contributed by atoms with Crippen LogP contribution in [0.1, 0.15) is 29.6 Å². The van der Waals surface area contributed by atoms with Gasteiger partial charge in [-0.3, -0.25) is 4.79 Å². The summed E-state index contributed by atoms with van der Waals surface area (Å²) in [6, 6.07) is 5.92. The van der Waals surface area contributed by atoms with Crippen molar-refractivity contribution in [1.82, 2.24) is 9.97 Å². The monoisotopic (exact) mass is 389 g/mol. The molecule has 0 N–H and O–H groups in total. The van der Waals surface area contributed by atoms with E-state index in [2.05, 4.69) is 9.97 Å². The van der Waals surface area contributed by atoms with Crippen LogP contribution in [0.5, 0.6) is 5.75 Å². The third-order valence-electron chi connectivity index (χ3n) is 4.40. The van der Waals surface area contributed by atoms with Crippen LogP contribution in [0, 0.1) is 0 Å². The summed E-state index contributed by atoms with van der Waals surface area (Å²) in [5, 5.41) is 0.328. The molecule has 1 aromatic carbocycles. The average molecular weight is 390 g/mol. The zero-order valence-corrected chi connectivity index (χ0v) is 15.7. The molecule has 0 aliphatic carbocycles. The first-order chi connectivity index (χ1) is 13.1. The fourth-order valence-corrected chi connectivity index (χ4v) is 3.27. The third kappa shape index (κ3) is 4.54. The van der Waals surface area contributed by atoms with E-state index in [0.717, 1.165) is 12.8 Å². The summed E-state index contributed by atoms with van der Waals surface area (Å²) in [7, 11) is 1.50. The molecule has 0 saturated carbocycles. The van der Waals surface area contributed by atoms with Gasteiger partial charge in [0.25, 0.3) is 0 Å². The molecule has 7 nitrogen and oxygen atoms in total. The summed E-state index contributed by atoms with van der Waals surface area (Å²) < 4.78 is 10.4. The Morgan fingerprint density at radius 3 is 2.74 bits per heavy atom. The molecule has 0 spiro atoms. The first-order valence-electron chi connectivity index (χ1n) is 8.67. The lowest BCUT2D eigenvalue weighted by Gasteiger charge is -2.33. The van der Waals surface area contributed by atoms with Crippen LogP contribution in [0.2, 0.25) is 5.02 Å². The van der Waals surface area contributed by atoms with Crippen LogP contribution in [-0.4, -0.2) is 48.0 Å². The fraction of sp³-hybridized carbons (Fsp3) is 0.368. The predicted octanol–water partition coefficient (Wildman–Crippen LogP) is 2.92. The molecule has 1 aliphatic heterocycles. The number of aromatic nitrogens is 2. The number of piperidine rings is 1. The molecule has 2 heterocycles. The lowest BCUT2D eigenvalue weighted by atomic mass is 10.0. The fourth-order valence-electron chi connectivity index (χ4n) is 3.01.